The molecule has 0 aliphatic rings. The smallest absolute Gasteiger partial charge is 0.252 e. The van der Waals surface area contributed by atoms with Crippen molar-refractivity contribution < 1.29 is 4.79 Å². The quantitative estimate of drug-likeness (QED) is 0.709. The van der Waals surface area contributed by atoms with Gasteiger partial charge < -0.3 is 5.32 Å². The minimum atomic E-state index is -0.249. The van der Waals surface area contributed by atoms with E-state index in [1.165, 1.54) is 10.7 Å². The lowest BCUT2D eigenvalue weighted by Crippen LogP contribution is -2.19. The molecule has 1 amide bonds. The van der Waals surface area contributed by atoms with Crippen molar-refractivity contribution in [3.8, 4) is 16.5 Å². The molecule has 7 nitrogen and oxygen atoms in total. The predicted molar refractivity (Wildman–Crippen MR) is 98.2 cm³/mol. The van der Waals surface area contributed by atoms with E-state index in [0.29, 0.717) is 36.0 Å². The lowest BCUT2D eigenvalue weighted by atomic mass is 10.3. The molecular formula is C17H19N5O2S. The van der Waals surface area contributed by atoms with E-state index in [-0.39, 0.29) is 11.5 Å². The summed E-state index contributed by atoms with van der Waals surface area (Å²) in [6.45, 7) is 3.87. The summed E-state index contributed by atoms with van der Waals surface area (Å²) < 4.78 is 1.48. The summed E-state index contributed by atoms with van der Waals surface area (Å²) in [4.78, 5) is 32.0. The van der Waals surface area contributed by atoms with Gasteiger partial charge in [-0.1, -0.05) is 19.9 Å². The van der Waals surface area contributed by atoms with Crippen molar-refractivity contribution in [3.63, 3.8) is 0 Å². The van der Waals surface area contributed by atoms with Gasteiger partial charge in [0.25, 0.3) is 5.56 Å². The molecule has 0 aliphatic heterocycles. The summed E-state index contributed by atoms with van der Waals surface area (Å²) >= 11 is 1.55. The highest BCUT2D eigenvalue weighted by molar-refractivity contribution is 7.13. The number of hydrogen-bond donors (Lipinski definition) is 2. The van der Waals surface area contributed by atoms with Crippen molar-refractivity contribution in [2.24, 2.45) is 0 Å². The lowest BCUT2D eigenvalue weighted by molar-refractivity contribution is -0.116. The molecule has 0 fully saturated rings. The first-order valence-corrected chi connectivity index (χ1v) is 9.03. The number of amides is 1. The van der Waals surface area contributed by atoms with Gasteiger partial charge in [-0.2, -0.15) is 9.78 Å². The third-order valence-electron chi connectivity index (χ3n) is 3.57. The summed E-state index contributed by atoms with van der Waals surface area (Å²) in [5.41, 5.74) is 1.13. The Bertz CT molecular complexity index is 927. The van der Waals surface area contributed by atoms with Crippen LogP contribution in [-0.4, -0.2) is 25.7 Å². The van der Waals surface area contributed by atoms with Crippen LogP contribution in [0.2, 0.25) is 0 Å². The first-order valence-electron chi connectivity index (χ1n) is 8.15. The van der Waals surface area contributed by atoms with Gasteiger partial charge in [0.2, 0.25) is 11.9 Å². The second-order valence-corrected chi connectivity index (χ2v) is 6.46. The number of hydrogen-bond acceptors (Lipinski definition) is 5. The molecule has 0 saturated carbocycles. The third-order valence-corrected chi connectivity index (χ3v) is 4.46. The molecule has 25 heavy (non-hydrogen) atoms. The number of carbonyl (C=O) groups is 1. The zero-order valence-electron chi connectivity index (χ0n) is 14.1. The van der Waals surface area contributed by atoms with E-state index in [1.54, 1.807) is 17.4 Å². The summed E-state index contributed by atoms with van der Waals surface area (Å²) in [5.74, 6) is 0.674. The maximum atomic E-state index is 12.0. The van der Waals surface area contributed by atoms with Crippen LogP contribution in [0.15, 0.2) is 34.4 Å². The van der Waals surface area contributed by atoms with Crippen LogP contribution in [0.25, 0.3) is 16.5 Å². The molecular weight excluding hydrogens is 338 g/mol. The molecule has 0 aliphatic carbocycles. The highest BCUT2D eigenvalue weighted by Gasteiger charge is 2.16. The number of thiophene rings is 1. The molecule has 0 atom stereocenters. The van der Waals surface area contributed by atoms with Crippen LogP contribution >= 0.6 is 11.3 Å². The van der Waals surface area contributed by atoms with Gasteiger partial charge in [-0.25, -0.2) is 4.98 Å². The minimum Gasteiger partial charge on any atom is -0.310 e. The number of aryl methyl sites for hydroxylation is 1. The van der Waals surface area contributed by atoms with Gasteiger partial charge in [0.15, 0.2) is 0 Å². The molecule has 2 N–H and O–H groups in total. The Labute approximate surface area is 148 Å². The van der Waals surface area contributed by atoms with E-state index in [9.17, 15) is 9.59 Å². The molecule has 3 aromatic rings. The molecule has 0 spiro atoms. The largest absolute Gasteiger partial charge is 0.310 e. The van der Waals surface area contributed by atoms with E-state index in [0.717, 1.165) is 11.3 Å². The Morgan fingerprint density at radius 3 is 2.88 bits per heavy atom. The summed E-state index contributed by atoms with van der Waals surface area (Å²) in [6.07, 6.45) is 1.80. The molecule has 3 rings (SSSR count). The Morgan fingerprint density at radius 2 is 2.20 bits per heavy atom. The van der Waals surface area contributed by atoms with Crippen LogP contribution in [0, 0.1) is 0 Å². The second-order valence-electron chi connectivity index (χ2n) is 5.52. The van der Waals surface area contributed by atoms with Crippen LogP contribution < -0.4 is 10.9 Å². The standard InChI is InChI=1S/C17H19N5O2S/c1-3-6-15(23)19-14-10-12(13-7-5-8-25-13)21-22(14)17-18-11(4-2)9-16(24)20-17/h5,7-10H,3-4,6H2,1-2H3,(H,19,23)(H,18,20,24). The van der Waals surface area contributed by atoms with Crippen molar-refractivity contribution in [1.29, 1.82) is 0 Å². The van der Waals surface area contributed by atoms with Gasteiger partial charge in [0.1, 0.15) is 11.5 Å². The molecule has 0 radical (unpaired) electrons. The molecule has 0 bridgehead atoms. The van der Waals surface area contributed by atoms with Gasteiger partial charge in [-0.05, 0) is 24.3 Å². The van der Waals surface area contributed by atoms with Crippen LogP contribution in [0.5, 0.6) is 0 Å². The van der Waals surface area contributed by atoms with Crippen molar-refractivity contribution in [2.75, 3.05) is 5.32 Å². The Balaban J connectivity index is 2.08. The SMILES string of the molecule is CCCC(=O)Nc1cc(-c2cccs2)nn1-c1nc(CC)cc(=O)[nH]1. The molecule has 0 aromatic carbocycles. The maximum Gasteiger partial charge on any atom is 0.252 e. The van der Waals surface area contributed by atoms with Crippen molar-refractivity contribution >= 4 is 23.1 Å². The zero-order chi connectivity index (χ0) is 17.8. The second kappa shape index (κ2) is 7.43. The number of nitrogens with one attached hydrogen (secondary N) is 2. The highest BCUT2D eigenvalue weighted by Crippen LogP contribution is 2.27. The van der Waals surface area contributed by atoms with Crippen LogP contribution in [0.4, 0.5) is 5.82 Å². The molecule has 0 saturated heterocycles. The first-order chi connectivity index (χ1) is 12.1. The number of aromatic amines is 1. The number of aromatic nitrogens is 4. The monoisotopic (exact) mass is 357 g/mol. The number of nitrogens with zero attached hydrogens (tertiary/aromatic N) is 3. The summed E-state index contributed by atoms with van der Waals surface area (Å²) in [5, 5.41) is 9.35. The number of anilines is 1. The van der Waals surface area contributed by atoms with Crippen LogP contribution in [0.1, 0.15) is 32.4 Å². The van der Waals surface area contributed by atoms with E-state index >= 15 is 0 Å². The van der Waals surface area contributed by atoms with Crippen LogP contribution in [-0.2, 0) is 11.2 Å². The first kappa shape index (κ1) is 17.1. The Hall–Kier alpha value is -2.74. The summed E-state index contributed by atoms with van der Waals surface area (Å²) in [7, 11) is 0. The van der Waals surface area contributed by atoms with Gasteiger partial charge in [0, 0.05) is 24.2 Å². The third kappa shape index (κ3) is 3.85. The minimum absolute atomic E-state index is 0.102. The molecule has 3 heterocycles. The van der Waals surface area contributed by atoms with Gasteiger partial charge in [0.05, 0.1) is 4.88 Å². The number of rotatable bonds is 6. The Kier molecular flexibility index (Phi) is 5.08. The molecule has 3 aromatic heterocycles. The van der Waals surface area contributed by atoms with Crippen molar-refractivity contribution in [2.45, 2.75) is 33.1 Å². The normalized spacial score (nSPS) is 10.8. The fourth-order valence-corrected chi connectivity index (χ4v) is 3.07. The van der Waals surface area contributed by atoms with Gasteiger partial charge in [-0.15, -0.1) is 11.3 Å². The van der Waals surface area contributed by atoms with Crippen molar-refractivity contribution in [3.05, 3.63) is 45.7 Å². The van der Waals surface area contributed by atoms with E-state index in [2.05, 4.69) is 20.4 Å². The van der Waals surface area contributed by atoms with Crippen molar-refractivity contribution in [1.82, 2.24) is 19.7 Å². The molecule has 0 unspecified atom stereocenters. The summed E-state index contributed by atoms with van der Waals surface area (Å²) in [6, 6.07) is 7.14. The topological polar surface area (TPSA) is 92.7 Å². The van der Waals surface area contributed by atoms with E-state index in [1.807, 2.05) is 31.4 Å². The van der Waals surface area contributed by atoms with Crippen LogP contribution in [0.3, 0.4) is 0 Å². The van der Waals surface area contributed by atoms with Gasteiger partial charge in [-0.3, -0.25) is 14.6 Å². The average Bonchev–Trinajstić information content (AvgIpc) is 3.23. The van der Waals surface area contributed by atoms with Gasteiger partial charge >= 0.3 is 0 Å². The average molecular weight is 357 g/mol. The van der Waals surface area contributed by atoms with E-state index in [4.69, 9.17) is 0 Å². The zero-order valence-corrected chi connectivity index (χ0v) is 14.9. The fourth-order valence-electron chi connectivity index (χ4n) is 2.38. The fraction of sp³-hybridized carbons (Fsp3) is 0.294. The molecule has 8 heteroatoms. The maximum absolute atomic E-state index is 12.0. The lowest BCUT2D eigenvalue weighted by Gasteiger charge is -2.08. The van der Waals surface area contributed by atoms with E-state index < -0.39 is 0 Å². The number of carbonyl (C=O) groups excluding carboxylic acids is 1. The Morgan fingerprint density at radius 1 is 1.36 bits per heavy atom. The number of H-pyrrole nitrogens is 1. The highest BCUT2D eigenvalue weighted by atomic mass is 32.1. The molecule has 130 valence electrons. The predicted octanol–water partition coefficient (Wildman–Crippen LogP) is 2.99.